The van der Waals surface area contributed by atoms with Crippen LogP contribution in [0.3, 0.4) is 0 Å². The minimum atomic E-state index is -0.102. The van der Waals surface area contributed by atoms with Crippen LogP contribution in [0.5, 0.6) is 5.75 Å². The van der Waals surface area contributed by atoms with Crippen LogP contribution in [0.15, 0.2) is 42.5 Å². The van der Waals surface area contributed by atoms with E-state index in [1.165, 1.54) is 0 Å². The molecule has 0 bridgehead atoms. The number of aromatic nitrogens is 2. The van der Waals surface area contributed by atoms with E-state index in [1.807, 2.05) is 60.2 Å². The summed E-state index contributed by atoms with van der Waals surface area (Å²) >= 11 is 1.69. The number of hydrogen-bond acceptors (Lipinski definition) is 4. The zero-order valence-electron chi connectivity index (χ0n) is 14.6. The molecule has 0 spiro atoms. The Bertz CT molecular complexity index is 905. The maximum Gasteiger partial charge on any atom is 0.244 e. The molecule has 3 rings (SSSR count). The number of anilines is 1. The predicted molar refractivity (Wildman–Crippen MR) is 103 cm³/mol. The molecule has 0 aliphatic carbocycles. The van der Waals surface area contributed by atoms with Crippen molar-refractivity contribution in [1.29, 1.82) is 0 Å². The van der Waals surface area contributed by atoms with Gasteiger partial charge in [0.1, 0.15) is 18.1 Å². The molecule has 0 saturated carbocycles. The number of imidazole rings is 1. The number of para-hydroxylation sites is 2. The lowest BCUT2D eigenvalue weighted by Crippen LogP contribution is -2.20. The van der Waals surface area contributed by atoms with Crippen molar-refractivity contribution in [3.63, 3.8) is 0 Å². The highest BCUT2D eigenvalue weighted by atomic mass is 32.2. The van der Waals surface area contributed by atoms with Gasteiger partial charge in [-0.1, -0.05) is 18.2 Å². The first-order valence-electron chi connectivity index (χ1n) is 8.00. The fraction of sp³-hybridized carbons (Fsp3) is 0.263. The number of carbonyl (C=O) groups excluding carboxylic acids is 1. The van der Waals surface area contributed by atoms with Crippen molar-refractivity contribution in [3.05, 3.63) is 53.9 Å². The van der Waals surface area contributed by atoms with Crippen molar-refractivity contribution in [3.8, 4) is 5.75 Å². The van der Waals surface area contributed by atoms with E-state index in [1.54, 1.807) is 18.9 Å². The van der Waals surface area contributed by atoms with Gasteiger partial charge in [-0.05, 0) is 43.0 Å². The number of carbonyl (C=O) groups is 1. The number of nitrogens with one attached hydrogen (secondary N) is 1. The summed E-state index contributed by atoms with van der Waals surface area (Å²) in [6.45, 7) is 2.20. The molecular weight excluding hydrogens is 334 g/mol. The summed E-state index contributed by atoms with van der Waals surface area (Å²) in [5.74, 6) is 2.21. The molecular formula is C19H21N3O2S. The topological polar surface area (TPSA) is 56.1 Å². The SMILES string of the molecule is COc1ccc(C)cc1NC(=O)Cn1c(CSC)nc2ccccc21. The molecule has 6 heteroatoms. The molecule has 1 heterocycles. The van der Waals surface area contributed by atoms with Crippen LogP contribution in [0.25, 0.3) is 11.0 Å². The van der Waals surface area contributed by atoms with Crippen LogP contribution in [0.2, 0.25) is 0 Å². The molecule has 0 radical (unpaired) electrons. The standard InChI is InChI=1S/C19H21N3O2S/c1-13-8-9-17(24-2)15(10-13)21-19(23)11-22-16-7-5-4-6-14(16)20-18(22)12-25-3/h4-10H,11-12H2,1-3H3,(H,21,23). The largest absolute Gasteiger partial charge is 0.495 e. The lowest BCUT2D eigenvalue weighted by Gasteiger charge is -2.13. The highest BCUT2D eigenvalue weighted by Crippen LogP contribution is 2.25. The lowest BCUT2D eigenvalue weighted by atomic mass is 10.2. The van der Waals surface area contributed by atoms with Crippen molar-refractivity contribution in [1.82, 2.24) is 9.55 Å². The van der Waals surface area contributed by atoms with E-state index in [9.17, 15) is 4.79 Å². The summed E-state index contributed by atoms with van der Waals surface area (Å²) in [6, 6.07) is 13.6. The Morgan fingerprint density at radius 3 is 2.84 bits per heavy atom. The van der Waals surface area contributed by atoms with Gasteiger partial charge in [-0.2, -0.15) is 11.8 Å². The van der Waals surface area contributed by atoms with Gasteiger partial charge in [0.25, 0.3) is 0 Å². The molecule has 5 nitrogen and oxygen atoms in total. The van der Waals surface area contributed by atoms with Gasteiger partial charge in [0.05, 0.1) is 29.6 Å². The number of ether oxygens (including phenoxy) is 1. The van der Waals surface area contributed by atoms with Crippen LogP contribution < -0.4 is 10.1 Å². The van der Waals surface area contributed by atoms with E-state index >= 15 is 0 Å². The maximum atomic E-state index is 12.6. The number of aryl methyl sites for hydroxylation is 1. The Balaban J connectivity index is 1.87. The Hall–Kier alpha value is -2.47. The smallest absolute Gasteiger partial charge is 0.244 e. The normalized spacial score (nSPS) is 10.8. The van der Waals surface area contributed by atoms with Crippen molar-refractivity contribution in [2.24, 2.45) is 0 Å². The molecule has 0 saturated heterocycles. The monoisotopic (exact) mass is 355 g/mol. The molecule has 0 fully saturated rings. The number of fused-ring (bicyclic) bond motifs is 1. The molecule has 2 aromatic carbocycles. The Morgan fingerprint density at radius 1 is 1.28 bits per heavy atom. The van der Waals surface area contributed by atoms with Crippen molar-refractivity contribution in [2.75, 3.05) is 18.7 Å². The first kappa shape index (κ1) is 17.4. The van der Waals surface area contributed by atoms with Crippen LogP contribution >= 0.6 is 11.8 Å². The Kier molecular flexibility index (Phi) is 5.28. The third-order valence-corrected chi connectivity index (χ3v) is 4.48. The number of thioether (sulfide) groups is 1. The second-order valence-corrected chi connectivity index (χ2v) is 6.65. The molecule has 1 amide bonds. The van der Waals surface area contributed by atoms with Crippen LogP contribution in [0.1, 0.15) is 11.4 Å². The maximum absolute atomic E-state index is 12.6. The third-order valence-electron chi connectivity index (χ3n) is 3.94. The van der Waals surface area contributed by atoms with Crippen molar-refractivity contribution >= 4 is 34.4 Å². The number of nitrogens with zero attached hydrogens (tertiary/aromatic N) is 2. The van der Waals surface area contributed by atoms with E-state index in [0.29, 0.717) is 11.4 Å². The lowest BCUT2D eigenvalue weighted by molar-refractivity contribution is -0.116. The number of benzene rings is 2. The van der Waals surface area contributed by atoms with Crippen LogP contribution in [-0.2, 0) is 17.1 Å². The molecule has 0 atom stereocenters. The van der Waals surface area contributed by atoms with Gasteiger partial charge in [-0.3, -0.25) is 4.79 Å². The van der Waals surface area contributed by atoms with Crippen LogP contribution in [0, 0.1) is 6.92 Å². The average Bonchev–Trinajstić information content (AvgIpc) is 2.93. The van der Waals surface area contributed by atoms with Crippen molar-refractivity contribution in [2.45, 2.75) is 19.2 Å². The zero-order valence-corrected chi connectivity index (χ0v) is 15.4. The number of amides is 1. The second-order valence-electron chi connectivity index (χ2n) is 5.79. The summed E-state index contributed by atoms with van der Waals surface area (Å²) in [5.41, 5.74) is 3.63. The molecule has 1 aromatic heterocycles. The van der Waals surface area contributed by atoms with Gasteiger partial charge >= 0.3 is 0 Å². The van der Waals surface area contributed by atoms with E-state index in [2.05, 4.69) is 10.3 Å². The van der Waals surface area contributed by atoms with Gasteiger partial charge in [-0.15, -0.1) is 0 Å². The molecule has 3 aromatic rings. The minimum Gasteiger partial charge on any atom is -0.495 e. The van der Waals surface area contributed by atoms with Gasteiger partial charge in [0.2, 0.25) is 5.91 Å². The highest BCUT2D eigenvalue weighted by molar-refractivity contribution is 7.97. The number of methoxy groups -OCH3 is 1. The summed E-state index contributed by atoms with van der Waals surface area (Å²) < 4.78 is 7.31. The number of rotatable bonds is 6. The van der Waals surface area contributed by atoms with Gasteiger partial charge in [0.15, 0.2) is 0 Å². The zero-order chi connectivity index (χ0) is 17.8. The fourth-order valence-electron chi connectivity index (χ4n) is 2.79. The first-order valence-corrected chi connectivity index (χ1v) is 9.39. The van der Waals surface area contributed by atoms with E-state index in [4.69, 9.17) is 4.74 Å². The minimum absolute atomic E-state index is 0.102. The second kappa shape index (κ2) is 7.61. The van der Waals surface area contributed by atoms with Crippen LogP contribution in [0.4, 0.5) is 5.69 Å². The quantitative estimate of drug-likeness (QED) is 0.730. The number of hydrogen-bond donors (Lipinski definition) is 1. The average molecular weight is 355 g/mol. The van der Waals surface area contributed by atoms with E-state index < -0.39 is 0 Å². The predicted octanol–water partition coefficient (Wildman–Crippen LogP) is 3.86. The van der Waals surface area contributed by atoms with Crippen molar-refractivity contribution < 1.29 is 9.53 Å². The third kappa shape index (κ3) is 3.79. The fourth-order valence-corrected chi connectivity index (χ4v) is 3.27. The molecule has 0 unspecified atom stereocenters. The molecule has 1 N–H and O–H groups in total. The summed E-state index contributed by atoms with van der Waals surface area (Å²) in [4.78, 5) is 17.3. The molecule has 0 aliphatic heterocycles. The molecule has 130 valence electrons. The Labute approximate surface area is 151 Å². The van der Waals surface area contributed by atoms with Gasteiger partial charge < -0.3 is 14.6 Å². The molecule has 0 aliphatic rings. The molecule has 25 heavy (non-hydrogen) atoms. The van der Waals surface area contributed by atoms with E-state index in [-0.39, 0.29) is 12.5 Å². The van der Waals surface area contributed by atoms with Gasteiger partial charge in [0, 0.05) is 0 Å². The Morgan fingerprint density at radius 2 is 2.08 bits per heavy atom. The highest BCUT2D eigenvalue weighted by Gasteiger charge is 2.14. The summed E-state index contributed by atoms with van der Waals surface area (Å²) in [6.07, 6.45) is 2.03. The summed E-state index contributed by atoms with van der Waals surface area (Å²) in [7, 11) is 1.60. The van der Waals surface area contributed by atoms with E-state index in [0.717, 1.165) is 28.2 Å². The summed E-state index contributed by atoms with van der Waals surface area (Å²) in [5, 5.41) is 2.96. The first-order chi connectivity index (χ1) is 12.1. The van der Waals surface area contributed by atoms with Crippen LogP contribution in [-0.4, -0.2) is 28.8 Å². The van der Waals surface area contributed by atoms with Gasteiger partial charge in [-0.25, -0.2) is 4.98 Å².